The molecule has 1 amide bonds. The number of nitrogens with one attached hydrogen (secondary N) is 1. The third-order valence-electron chi connectivity index (χ3n) is 2.15. The molecule has 0 radical (unpaired) electrons. The second-order valence-corrected chi connectivity index (χ2v) is 4.76. The first-order valence-electron chi connectivity index (χ1n) is 5.45. The lowest BCUT2D eigenvalue weighted by atomic mass is 9.98. The van der Waals surface area contributed by atoms with E-state index in [0.29, 0.717) is 5.57 Å². The number of hydrogen-bond donors (Lipinski definition) is 1. The molecule has 0 rings (SSSR count). The number of amides is 1. The van der Waals surface area contributed by atoms with Crippen LogP contribution in [0.1, 0.15) is 47.5 Å². The van der Waals surface area contributed by atoms with E-state index in [0.717, 1.165) is 18.4 Å². The van der Waals surface area contributed by atoms with Crippen molar-refractivity contribution >= 4 is 5.91 Å². The van der Waals surface area contributed by atoms with Gasteiger partial charge in [-0.1, -0.05) is 31.6 Å². The lowest BCUT2D eigenvalue weighted by Gasteiger charge is -2.25. The van der Waals surface area contributed by atoms with Gasteiger partial charge in [-0.05, 0) is 34.1 Å². The molecule has 0 aromatic rings. The van der Waals surface area contributed by atoms with Crippen LogP contribution in [0.3, 0.4) is 0 Å². The molecule has 0 aliphatic rings. The third-order valence-corrected chi connectivity index (χ3v) is 2.15. The minimum absolute atomic E-state index is 0.00329. The van der Waals surface area contributed by atoms with Crippen molar-refractivity contribution in [1.29, 1.82) is 0 Å². The van der Waals surface area contributed by atoms with Gasteiger partial charge in [0.2, 0.25) is 5.91 Å². The third kappa shape index (κ3) is 6.10. The number of rotatable bonds is 5. The van der Waals surface area contributed by atoms with Crippen LogP contribution in [0, 0.1) is 0 Å². The van der Waals surface area contributed by atoms with Crippen LogP contribution in [-0.2, 0) is 4.79 Å². The minimum Gasteiger partial charge on any atom is -0.347 e. The fourth-order valence-corrected chi connectivity index (χ4v) is 1.53. The van der Waals surface area contributed by atoms with Crippen LogP contribution >= 0.6 is 0 Å². The summed E-state index contributed by atoms with van der Waals surface area (Å²) in [5.41, 5.74) is 1.48. The van der Waals surface area contributed by atoms with Gasteiger partial charge >= 0.3 is 0 Å². The van der Waals surface area contributed by atoms with Gasteiger partial charge in [0.1, 0.15) is 0 Å². The van der Waals surface area contributed by atoms with Gasteiger partial charge in [0, 0.05) is 11.1 Å². The summed E-state index contributed by atoms with van der Waals surface area (Å²) in [4.78, 5) is 11.7. The Morgan fingerprint density at radius 2 is 1.93 bits per heavy atom. The van der Waals surface area contributed by atoms with Gasteiger partial charge in [-0.3, -0.25) is 4.79 Å². The highest BCUT2D eigenvalue weighted by atomic mass is 16.1. The van der Waals surface area contributed by atoms with Crippen molar-refractivity contribution in [3.8, 4) is 0 Å². The molecule has 0 unspecified atom stereocenters. The van der Waals surface area contributed by atoms with E-state index in [-0.39, 0.29) is 11.4 Å². The topological polar surface area (TPSA) is 29.1 Å². The summed E-state index contributed by atoms with van der Waals surface area (Å²) in [6.45, 7) is 13.7. The monoisotopic (exact) mass is 209 g/mol. The summed E-state index contributed by atoms with van der Waals surface area (Å²) >= 11 is 0. The molecule has 0 atom stereocenters. The van der Waals surface area contributed by atoms with Crippen molar-refractivity contribution in [2.24, 2.45) is 0 Å². The van der Waals surface area contributed by atoms with Gasteiger partial charge in [0.05, 0.1) is 0 Å². The van der Waals surface area contributed by atoms with E-state index < -0.39 is 0 Å². The fraction of sp³-hybridized carbons (Fsp3) is 0.615. The van der Waals surface area contributed by atoms with Gasteiger partial charge in [-0.25, -0.2) is 0 Å². The van der Waals surface area contributed by atoms with Gasteiger partial charge in [-0.15, -0.1) is 0 Å². The lowest BCUT2D eigenvalue weighted by Crippen LogP contribution is -2.43. The number of hydrogen-bond acceptors (Lipinski definition) is 1. The molecule has 2 nitrogen and oxygen atoms in total. The molecule has 0 aliphatic heterocycles. The van der Waals surface area contributed by atoms with Crippen molar-refractivity contribution in [2.45, 2.75) is 53.0 Å². The molecule has 0 aliphatic carbocycles. The number of carbonyl (C=O) groups excluding carboxylic acids is 1. The quantitative estimate of drug-likeness (QED) is 0.547. The second kappa shape index (κ2) is 5.74. The Balaban J connectivity index is 4.43. The van der Waals surface area contributed by atoms with Gasteiger partial charge in [0.25, 0.3) is 0 Å². The van der Waals surface area contributed by atoms with E-state index in [2.05, 4.69) is 18.8 Å². The van der Waals surface area contributed by atoms with Crippen LogP contribution in [0.15, 0.2) is 23.8 Å². The van der Waals surface area contributed by atoms with Crippen LogP contribution in [0.25, 0.3) is 0 Å². The highest BCUT2D eigenvalue weighted by molar-refractivity contribution is 5.93. The van der Waals surface area contributed by atoms with Gasteiger partial charge in [0.15, 0.2) is 0 Å². The first-order valence-corrected chi connectivity index (χ1v) is 5.45. The highest BCUT2D eigenvalue weighted by Crippen LogP contribution is 2.12. The molecule has 0 saturated heterocycles. The molecule has 0 spiro atoms. The summed E-state index contributed by atoms with van der Waals surface area (Å²) in [5, 5.41) is 3.01. The molecule has 0 fully saturated rings. The SMILES string of the molecule is C=C(C)/C=C(\C)C(=O)NC(C)(C)CCC. The standard InChI is InChI=1S/C13H23NO/c1-7-8-13(5,6)14-12(15)11(4)9-10(2)3/h9H,2,7-8H2,1,3-6H3,(H,14,15)/b11-9+. The normalized spacial score (nSPS) is 12.5. The molecule has 0 saturated carbocycles. The predicted octanol–water partition coefficient (Wildman–Crippen LogP) is 3.20. The Bertz CT molecular complexity index is 274. The van der Waals surface area contributed by atoms with Gasteiger partial charge in [-0.2, -0.15) is 0 Å². The molecular formula is C13H23NO. The summed E-state index contributed by atoms with van der Waals surface area (Å²) in [7, 11) is 0. The molecule has 86 valence electrons. The first kappa shape index (κ1) is 13.9. The second-order valence-electron chi connectivity index (χ2n) is 4.76. The molecule has 0 aromatic heterocycles. The average Bonchev–Trinajstić information content (AvgIpc) is 2.01. The molecule has 0 heterocycles. The van der Waals surface area contributed by atoms with Crippen molar-refractivity contribution in [3.63, 3.8) is 0 Å². The first-order chi connectivity index (χ1) is 6.78. The molecular weight excluding hydrogens is 186 g/mol. The number of allylic oxidation sites excluding steroid dienone is 2. The summed E-state index contributed by atoms with van der Waals surface area (Å²) in [5.74, 6) is -0.00329. The van der Waals surface area contributed by atoms with Crippen LogP contribution in [-0.4, -0.2) is 11.4 Å². The van der Waals surface area contributed by atoms with Crippen molar-refractivity contribution in [3.05, 3.63) is 23.8 Å². The Kier molecular flexibility index (Phi) is 5.34. The van der Waals surface area contributed by atoms with Crippen LogP contribution in [0.2, 0.25) is 0 Å². The average molecular weight is 209 g/mol. The maximum Gasteiger partial charge on any atom is 0.247 e. The lowest BCUT2D eigenvalue weighted by molar-refractivity contribution is -0.119. The fourth-order valence-electron chi connectivity index (χ4n) is 1.53. The predicted molar refractivity (Wildman–Crippen MR) is 65.7 cm³/mol. The largest absolute Gasteiger partial charge is 0.347 e. The van der Waals surface area contributed by atoms with E-state index in [1.807, 2.05) is 27.7 Å². The Morgan fingerprint density at radius 1 is 1.40 bits per heavy atom. The molecule has 1 N–H and O–H groups in total. The van der Waals surface area contributed by atoms with Crippen LogP contribution in [0.5, 0.6) is 0 Å². The van der Waals surface area contributed by atoms with E-state index in [1.165, 1.54) is 0 Å². The zero-order chi connectivity index (χ0) is 12.1. The Labute approximate surface area is 93.5 Å². The van der Waals surface area contributed by atoms with Crippen LogP contribution < -0.4 is 5.32 Å². The summed E-state index contributed by atoms with van der Waals surface area (Å²) in [6, 6.07) is 0. The van der Waals surface area contributed by atoms with Crippen molar-refractivity contribution in [1.82, 2.24) is 5.32 Å². The summed E-state index contributed by atoms with van der Waals surface area (Å²) < 4.78 is 0. The zero-order valence-corrected chi connectivity index (χ0v) is 10.6. The minimum atomic E-state index is -0.129. The Morgan fingerprint density at radius 3 is 2.33 bits per heavy atom. The van der Waals surface area contributed by atoms with E-state index >= 15 is 0 Å². The molecule has 0 bridgehead atoms. The highest BCUT2D eigenvalue weighted by Gasteiger charge is 2.19. The smallest absolute Gasteiger partial charge is 0.247 e. The van der Waals surface area contributed by atoms with Crippen molar-refractivity contribution in [2.75, 3.05) is 0 Å². The van der Waals surface area contributed by atoms with Crippen LogP contribution in [0.4, 0.5) is 0 Å². The summed E-state index contributed by atoms with van der Waals surface area (Å²) in [6.07, 6.45) is 3.85. The maximum atomic E-state index is 11.7. The number of carbonyl (C=O) groups is 1. The molecule has 15 heavy (non-hydrogen) atoms. The molecule has 2 heteroatoms. The van der Waals surface area contributed by atoms with Crippen molar-refractivity contribution < 1.29 is 4.79 Å². The van der Waals surface area contributed by atoms with E-state index in [4.69, 9.17) is 0 Å². The zero-order valence-electron chi connectivity index (χ0n) is 10.6. The maximum absolute atomic E-state index is 11.7. The van der Waals surface area contributed by atoms with E-state index in [1.54, 1.807) is 6.08 Å². The Hall–Kier alpha value is -1.05. The van der Waals surface area contributed by atoms with Gasteiger partial charge < -0.3 is 5.32 Å². The van der Waals surface area contributed by atoms with E-state index in [9.17, 15) is 4.79 Å². The molecule has 0 aromatic carbocycles.